The van der Waals surface area contributed by atoms with Crippen molar-refractivity contribution in [3.63, 3.8) is 0 Å². The first-order chi connectivity index (χ1) is 9.70. The maximum atomic E-state index is 6.25. The molecular formula is C16H18Cl2N2. The zero-order valence-corrected chi connectivity index (χ0v) is 13.0. The summed E-state index contributed by atoms with van der Waals surface area (Å²) in [7, 11) is 0. The molecule has 0 aliphatic carbocycles. The smallest absolute Gasteiger partial charge is 0.0453 e. The van der Waals surface area contributed by atoms with Crippen LogP contribution in [-0.4, -0.2) is 17.6 Å². The molecule has 0 bridgehead atoms. The van der Waals surface area contributed by atoms with Crippen LogP contribution in [0.1, 0.15) is 18.1 Å². The van der Waals surface area contributed by atoms with E-state index >= 15 is 0 Å². The van der Waals surface area contributed by atoms with Gasteiger partial charge in [0.25, 0.3) is 0 Å². The zero-order chi connectivity index (χ0) is 14.4. The lowest BCUT2D eigenvalue weighted by molar-refractivity contribution is 0.521. The topological polar surface area (TPSA) is 24.9 Å². The number of benzene rings is 1. The van der Waals surface area contributed by atoms with Crippen molar-refractivity contribution in [1.82, 2.24) is 10.3 Å². The number of pyridine rings is 1. The largest absolute Gasteiger partial charge is 0.314 e. The third-order valence-corrected chi connectivity index (χ3v) is 3.92. The molecule has 1 aromatic heterocycles. The van der Waals surface area contributed by atoms with Gasteiger partial charge in [-0.05, 0) is 48.7 Å². The molecule has 0 amide bonds. The van der Waals surface area contributed by atoms with E-state index in [0.717, 1.165) is 35.0 Å². The SMILES string of the molecule is CCNC(Cc1cccnc1)Cc1c(Cl)cccc1Cl. The van der Waals surface area contributed by atoms with Crippen LogP contribution in [0, 0.1) is 0 Å². The van der Waals surface area contributed by atoms with Gasteiger partial charge in [-0.25, -0.2) is 0 Å². The van der Waals surface area contributed by atoms with Crippen molar-refractivity contribution in [3.05, 3.63) is 63.9 Å². The van der Waals surface area contributed by atoms with Crippen LogP contribution >= 0.6 is 23.2 Å². The average molecular weight is 309 g/mol. The van der Waals surface area contributed by atoms with Crippen molar-refractivity contribution >= 4 is 23.2 Å². The molecule has 1 heterocycles. The second-order valence-corrected chi connectivity index (χ2v) is 5.54. The standard InChI is InChI=1S/C16H18Cl2N2/c1-2-20-13(9-12-5-4-8-19-11-12)10-14-15(17)6-3-7-16(14)18/h3-8,11,13,20H,2,9-10H2,1H3. The maximum Gasteiger partial charge on any atom is 0.0453 e. The molecule has 1 atom stereocenters. The lowest BCUT2D eigenvalue weighted by Gasteiger charge is -2.19. The highest BCUT2D eigenvalue weighted by Crippen LogP contribution is 2.26. The van der Waals surface area contributed by atoms with Gasteiger partial charge in [-0.2, -0.15) is 0 Å². The van der Waals surface area contributed by atoms with Gasteiger partial charge in [-0.1, -0.05) is 42.3 Å². The molecule has 106 valence electrons. The van der Waals surface area contributed by atoms with Gasteiger partial charge < -0.3 is 5.32 Å². The van der Waals surface area contributed by atoms with Crippen LogP contribution in [-0.2, 0) is 12.8 Å². The monoisotopic (exact) mass is 308 g/mol. The van der Waals surface area contributed by atoms with Crippen molar-refractivity contribution in [3.8, 4) is 0 Å². The number of likely N-dealkylation sites (N-methyl/N-ethyl adjacent to an activating group) is 1. The first-order valence-corrected chi connectivity index (χ1v) is 7.51. The molecule has 1 unspecified atom stereocenters. The molecule has 0 radical (unpaired) electrons. The molecule has 20 heavy (non-hydrogen) atoms. The summed E-state index contributed by atoms with van der Waals surface area (Å²) in [5, 5.41) is 4.95. The van der Waals surface area contributed by atoms with E-state index in [2.05, 4.69) is 23.3 Å². The van der Waals surface area contributed by atoms with Crippen molar-refractivity contribution in [1.29, 1.82) is 0 Å². The highest BCUT2D eigenvalue weighted by molar-refractivity contribution is 6.36. The van der Waals surface area contributed by atoms with Gasteiger partial charge in [-0.15, -0.1) is 0 Å². The van der Waals surface area contributed by atoms with Crippen molar-refractivity contribution in [2.24, 2.45) is 0 Å². The fourth-order valence-electron chi connectivity index (χ4n) is 2.28. The van der Waals surface area contributed by atoms with Gasteiger partial charge in [0.15, 0.2) is 0 Å². The molecule has 0 fully saturated rings. The van der Waals surface area contributed by atoms with Crippen LogP contribution in [0.4, 0.5) is 0 Å². The van der Waals surface area contributed by atoms with Crippen LogP contribution in [0.5, 0.6) is 0 Å². The number of nitrogens with one attached hydrogen (secondary N) is 1. The fourth-order valence-corrected chi connectivity index (χ4v) is 2.83. The summed E-state index contributed by atoms with van der Waals surface area (Å²) in [4.78, 5) is 4.16. The highest BCUT2D eigenvalue weighted by atomic mass is 35.5. The summed E-state index contributed by atoms with van der Waals surface area (Å²) in [6.45, 7) is 3.01. The Bertz CT molecular complexity index is 523. The molecule has 0 aliphatic heterocycles. The lowest BCUT2D eigenvalue weighted by atomic mass is 9.99. The molecule has 4 heteroatoms. The molecule has 2 aromatic rings. The predicted molar refractivity (Wildman–Crippen MR) is 85.6 cm³/mol. The third-order valence-electron chi connectivity index (χ3n) is 3.21. The minimum absolute atomic E-state index is 0.293. The van der Waals surface area contributed by atoms with Crippen molar-refractivity contribution in [2.45, 2.75) is 25.8 Å². The van der Waals surface area contributed by atoms with E-state index in [1.165, 1.54) is 5.56 Å². The molecule has 1 N–H and O–H groups in total. The minimum atomic E-state index is 0.293. The Hall–Kier alpha value is -1.09. The summed E-state index contributed by atoms with van der Waals surface area (Å²) in [6.07, 6.45) is 5.40. The van der Waals surface area contributed by atoms with E-state index in [4.69, 9.17) is 23.2 Å². The van der Waals surface area contributed by atoms with Gasteiger partial charge in [-0.3, -0.25) is 4.98 Å². The molecule has 1 aromatic carbocycles. The number of hydrogen-bond donors (Lipinski definition) is 1. The first-order valence-electron chi connectivity index (χ1n) is 6.76. The number of aromatic nitrogens is 1. The van der Waals surface area contributed by atoms with E-state index in [1.54, 1.807) is 6.20 Å². The van der Waals surface area contributed by atoms with E-state index in [1.807, 2.05) is 30.5 Å². The summed E-state index contributed by atoms with van der Waals surface area (Å²) in [5.74, 6) is 0. The van der Waals surface area contributed by atoms with Crippen LogP contribution in [0.2, 0.25) is 10.0 Å². The van der Waals surface area contributed by atoms with Crippen LogP contribution in [0.15, 0.2) is 42.7 Å². The molecule has 0 aliphatic rings. The van der Waals surface area contributed by atoms with Crippen molar-refractivity contribution in [2.75, 3.05) is 6.54 Å². The quantitative estimate of drug-likeness (QED) is 0.867. The van der Waals surface area contributed by atoms with E-state index in [0.29, 0.717) is 6.04 Å². The second-order valence-electron chi connectivity index (χ2n) is 4.72. The molecule has 2 nitrogen and oxygen atoms in total. The van der Waals surface area contributed by atoms with Gasteiger partial charge in [0.05, 0.1) is 0 Å². The van der Waals surface area contributed by atoms with Gasteiger partial charge in [0.2, 0.25) is 0 Å². The lowest BCUT2D eigenvalue weighted by Crippen LogP contribution is -2.33. The molecule has 0 saturated heterocycles. The molecular weight excluding hydrogens is 291 g/mol. The number of nitrogens with zero attached hydrogens (tertiary/aromatic N) is 1. The van der Waals surface area contributed by atoms with Gasteiger partial charge in [0, 0.05) is 28.5 Å². The number of hydrogen-bond acceptors (Lipinski definition) is 2. The number of halogens is 2. The summed E-state index contributed by atoms with van der Waals surface area (Å²) in [6, 6.07) is 9.98. The predicted octanol–water partition coefficient (Wildman–Crippen LogP) is 4.15. The molecule has 0 saturated carbocycles. The minimum Gasteiger partial charge on any atom is -0.314 e. The van der Waals surface area contributed by atoms with Crippen LogP contribution in [0.3, 0.4) is 0 Å². The van der Waals surface area contributed by atoms with Gasteiger partial charge in [0.1, 0.15) is 0 Å². The Morgan fingerprint density at radius 1 is 1.10 bits per heavy atom. The molecule has 0 spiro atoms. The van der Waals surface area contributed by atoms with Crippen molar-refractivity contribution < 1.29 is 0 Å². The van der Waals surface area contributed by atoms with E-state index < -0.39 is 0 Å². The Balaban J connectivity index is 2.13. The highest BCUT2D eigenvalue weighted by Gasteiger charge is 2.14. The van der Waals surface area contributed by atoms with E-state index in [-0.39, 0.29) is 0 Å². The third kappa shape index (κ3) is 4.20. The van der Waals surface area contributed by atoms with Crippen LogP contribution < -0.4 is 5.32 Å². The summed E-state index contributed by atoms with van der Waals surface area (Å²) < 4.78 is 0. The van der Waals surface area contributed by atoms with Crippen LogP contribution in [0.25, 0.3) is 0 Å². The normalized spacial score (nSPS) is 12.3. The number of rotatable bonds is 6. The average Bonchev–Trinajstić information content (AvgIpc) is 2.44. The Morgan fingerprint density at radius 3 is 2.45 bits per heavy atom. The fraction of sp³-hybridized carbons (Fsp3) is 0.312. The maximum absolute atomic E-state index is 6.25. The molecule has 2 rings (SSSR count). The van der Waals surface area contributed by atoms with E-state index in [9.17, 15) is 0 Å². The Labute approximate surface area is 130 Å². The Morgan fingerprint density at radius 2 is 1.85 bits per heavy atom. The van der Waals surface area contributed by atoms with Gasteiger partial charge >= 0.3 is 0 Å². The zero-order valence-electron chi connectivity index (χ0n) is 11.4. The first kappa shape index (κ1) is 15.3. The summed E-state index contributed by atoms with van der Waals surface area (Å²) >= 11 is 12.5. The summed E-state index contributed by atoms with van der Waals surface area (Å²) in [5.41, 5.74) is 2.22. The second kappa shape index (κ2) is 7.63. The Kier molecular flexibility index (Phi) is 5.84.